The van der Waals surface area contributed by atoms with Gasteiger partial charge < -0.3 is 20.4 Å². The topological polar surface area (TPSA) is 95.4 Å². The fourth-order valence-corrected chi connectivity index (χ4v) is 6.43. The summed E-state index contributed by atoms with van der Waals surface area (Å²) >= 11 is 12.4. The van der Waals surface area contributed by atoms with Crippen LogP contribution in [-0.4, -0.2) is 70.5 Å². The van der Waals surface area contributed by atoms with Gasteiger partial charge in [0.2, 0.25) is 11.8 Å². The fraction of sp³-hybridized carbons (Fsp3) is 0.400. The standard InChI is InChI=1S/C30H33Cl2N7O2/c31-22-8-9-26(39-19-28(32)35-36-39)24(17-22)20-10-13-38(29(40)16-20)25-7-2-1-3-11-34-30(41)27-18-33-12-14-37(27)23-6-4-5-21(25)15-23/h4-6,8-9,15-17,19,25,27,33H,1-3,7,10-14,18H2,(H,34,41)/t25-,27+/m0/s1. The summed E-state index contributed by atoms with van der Waals surface area (Å²) in [5.41, 5.74) is 4.63. The van der Waals surface area contributed by atoms with Crippen LogP contribution in [0.25, 0.3) is 11.3 Å². The molecule has 3 aliphatic rings. The Balaban J connectivity index is 1.32. The number of nitrogens with one attached hydrogen (secondary N) is 2. The predicted octanol–water partition coefficient (Wildman–Crippen LogP) is 4.40. The maximum Gasteiger partial charge on any atom is 0.247 e. The number of rotatable bonds is 3. The lowest BCUT2D eigenvalue weighted by Crippen LogP contribution is -2.58. The van der Waals surface area contributed by atoms with Crippen molar-refractivity contribution < 1.29 is 9.59 Å². The van der Waals surface area contributed by atoms with Crippen molar-refractivity contribution in [3.05, 3.63) is 76.0 Å². The van der Waals surface area contributed by atoms with Gasteiger partial charge >= 0.3 is 0 Å². The Morgan fingerprint density at radius 3 is 2.66 bits per heavy atom. The van der Waals surface area contributed by atoms with E-state index in [0.29, 0.717) is 36.2 Å². The number of fused-ring (bicyclic) bond motifs is 4. The van der Waals surface area contributed by atoms with Gasteiger partial charge in [-0.05, 0) is 60.7 Å². The summed E-state index contributed by atoms with van der Waals surface area (Å²) in [6.45, 7) is 3.44. The number of anilines is 1. The average molecular weight is 595 g/mol. The largest absolute Gasteiger partial charge is 0.357 e. The van der Waals surface area contributed by atoms with Crippen LogP contribution in [0.3, 0.4) is 0 Å². The summed E-state index contributed by atoms with van der Waals surface area (Å²) in [6, 6.07) is 13.6. The monoisotopic (exact) mass is 593 g/mol. The molecule has 0 saturated carbocycles. The highest BCUT2D eigenvalue weighted by Gasteiger charge is 2.32. The fourth-order valence-electron chi connectivity index (χ4n) is 6.13. The molecule has 2 amide bonds. The first kappa shape index (κ1) is 27.8. The molecule has 3 aromatic rings. The number of halogens is 2. The van der Waals surface area contributed by atoms with Crippen molar-refractivity contribution in [1.29, 1.82) is 0 Å². The van der Waals surface area contributed by atoms with Crippen molar-refractivity contribution in [1.82, 2.24) is 30.5 Å². The molecule has 1 aromatic heterocycles. The maximum absolute atomic E-state index is 13.8. The van der Waals surface area contributed by atoms with Crippen molar-refractivity contribution in [3.8, 4) is 5.69 Å². The first-order chi connectivity index (χ1) is 20.0. The van der Waals surface area contributed by atoms with Gasteiger partial charge in [0.15, 0.2) is 5.15 Å². The van der Waals surface area contributed by atoms with Gasteiger partial charge in [-0.2, -0.15) is 0 Å². The van der Waals surface area contributed by atoms with Gasteiger partial charge in [-0.3, -0.25) is 9.59 Å². The van der Waals surface area contributed by atoms with Crippen molar-refractivity contribution in [2.75, 3.05) is 37.6 Å². The normalized spacial score (nSPS) is 22.1. The Kier molecular flexibility index (Phi) is 8.27. The Labute approximate surface area is 249 Å². The second-order valence-corrected chi connectivity index (χ2v) is 11.6. The Bertz CT molecular complexity index is 1470. The van der Waals surface area contributed by atoms with Crippen LogP contribution in [0.2, 0.25) is 10.2 Å². The van der Waals surface area contributed by atoms with Crippen LogP contribution >= 0.6 is 23.2 Å². The highest BCUT2D eigenvalue weighted by molar-refractivity contribution is 6.31. The first-order valence-electron chi connectivity index (χ1n) is 14.2. The lowest BCUT2D eigenvalue weighted by molar-refractivity contribution is -0.129. The van der Waals surface area contributed by atoms with E-state index in [0.717, 1.165) is 66.8 Å². The average Bonchev–Trinajstić information content (AvgIpc) is 3.42. The van der Waals surface area contributed by atoms with Gasteiger partial charge in [-0.25, -0.2) is 4.68 Å². The minimum atomic E-state index is -0.257. The number of aromatic nitrogens is 3. The number of hydrogen-bond donors (Lipinski definition) is 2. The molecule has 2 atom stereocenters. The molecular formula is C30H33Cl2N7O2. The molecule has 0 radical (unpaired) electrons. The number of carbonyl (C=O) groups excluding carboxylic acids is 2. The summed E-state index contributed by atoms with van der Waals surface area (Å²) < 4.78 is 1.61. The Hall–Kier alpha value is -3.40. The number of carbonyl (C=O) groups is 2. The van der Waals surface area contributed by atoms with Crippen LogP contribution in [0.5, 0.6) is 0 Å². The van der Waals surface area contributed by atoms with Gasteiger partial charge in [0.05, 0.1) is 17.9 Å². The minimum Gasteiger partial charge on any atom is -0.357 e. The smallest absolute Gasteiger partial charge is 0.247 e. The molecule has 1 saturated heterocycles. The van der Waals surface area contributed by atoms with Crippen molar-refractivity contribution in [2.24, 2.45) is 0 Å². The molecule has 4 heterocycles. The molecule has 2 N–H and O–H groups in total. The lowest BCUT2D eigenvalue weighted by atomic mass is 9.93. The zero-order valence-corrected chi connectivity index (χ0v) is 24.2. The summed E-state index contributed by atoms with van der Waals surface area (Å²) in [5.74, 6) is 0.0428. The second-order valence-electron chi connectivity index (χ2n) is 10.8. The van der Waals surface area contributed by atoms with E-state index in [4.69, 9.17) is 23.2 Å². The van der Waals surface area contributed by atoms with E-state index >= 15 is 0 Å². The van der Waals surface area contributed by atoms with E-state index in [1.54, 1.807) is 23.0 Å². The lowest BCUT2D eigenvalue weighted by Gasteiger charge is -2.38. The number of piperazine rings is 1. The molecule has 2 bridgehead atoms. The molecule has 9 nitrogen and oxygen atoms in total. The molecule has 2 aromatic carbocycles. The van der Waals surface area contributed by atoms with Gasteiger partial charge in [-0.1, -0.05) is 53.4 Å². The molecule has 41 heavy (non-hydrogen) atoms. The molecule has 6 rings (SSSR count). The Morgan fingerprint density at radius 2 is 1.83 bits per heavy atom. The molecule has 0 aliphatic carbocycles. The zero-order chi connectivity index (χ0) is 28.3. The van der Waals surface area contributed by atoms with E-state index in [-0.39, 0.29) is 23.9 Å². The molecule has 11 heteroatoms. The number of hydrogen-bond acceptors (Lipinski definition) is 6. The maximum atomic E-state index is 13.8. The minimum absolute atomic E-state index is 0.0228. The third kappa shape index (κ3) is 5.98. The molecule has 214 valence electrons. The quantitative estimate of drug-likeness (QED) is 0.467. The third-order valence-corrected chi connectivity index (χ3v) is 8.59. The second kappa shape index (κ2) is 12.2. The van der Waals surface area contributed by atoms with Crippen molar-refractivity contribution >= 4 is 46.3 Å². The van der Waals surface area contributed by atoms with E-state index in [9.17, 15) is 9.59 Å². The van der Waals surface area contributed by atoms with E-state index in [1.165, 1.54) is 0 Å². The third-order valence-electron chi connectivity index (χ3n) is 8.18. The summed E-state index contributed by atoms with van der Waals surface area (Å²) in [6.07, 6.45) is 7.77. The van der Waals surface area contributed by atoms with Crippen LogP contribution in [-0.2, 0) is 9.59 Å². The number of benzene rings is 2. The molecular weight excluding hydrogens is 561 g/mol. The SMILES string of the molecule is O=C1NCCCCC[C@H](N2CCC(c3cc(Cl)ccc3-n3cc(Cl)nn3)=CC2=O)c2cccc(c2)N2CCNC[C@H]12. The highest BCUT2D eigenvalue weighted by Crippen LogP contribution is 2.36. The summed E-state index contributed by atoms with van der Waals surface area (Å²) in [7, 11) is 0. The van der Waals surface area contributed by atoms with Crippen LogP contribution in [0, 0.1) is 0 Å². The predicted molar refractivity (Wildman–Crippen MR) is 160 cm³/mol. The van der Waals surface area contributed by atoms with E-state index in [2.05, 4.69) is 44.0 Å². The molecule has 0 spiro atoms. The Morgan fingerprint density at radius 1 is 0.927 bits per heavy atom. The molecule has 3 aliphatic heterocycles. The first-order valence-corrected chi connectivity index (χ1v) is 15.0. The van der Waals surface area contributed by atoms with Crippen molar-refractivity contribution in [3.63, 3.8) is 0 Å². The molecule has 1 fully saturated rings. The van der Waals surface area contributed by atoms with Gasteiger partial charge in [0.1, 0.15) is 6.04 Å². The summed E-state index contributed by atoms with van der Waals surface area (Å²) in [5, 5.41) is 15.4. The number of nitrogens with zero attached hydrogens (tertiary/aromatic N) is 5. The summed E-state index contributed by atoms with van der Waals surface area (Å²) in [4.78, 5) is 31.0. The highest BCUT2D eigenvalue weighted by atomic mass is 35.5. The van der Waals surface area contributed by atoms with Gasteiger partial charge in [0, 0.05) is 55.1 Å². The van der Waals surface area contributed by atoms with Crippen LogP contribution in [0.1, 0.15) is 49.3 Å². The van der Waals surface area contributed by atoms with Gasteiger partial charge in [0.25, 0.3) is 0 Å². The van der Waals surface area contributed by atoms with Crippen molar-refractivity contribution in [2.45, 2.75) is 44.2 Å². The van der Waals surface area contributed by atoms with Crippen LogP contribution < -0.4 is 15.5 Å². The van der Waals surface area contributed by atoms with E-state index < -0.39 is 0 Å². The zero-order valence-electron chi connectivity index (χ0n) is 22.7. The molecule has 0 unspecified atom stereocenters. The van der Waals surface area contributed by atoms with E-state index in [1.807, 2.05) is 23.1 Å². The van der Waals surface area contributed by atoms with Gasteiger partial charge in [-0.15, -0.1) is 5.10 Å². The van der Waals surface area contributed by atoms with Crippen LogP contribution in [0.4, 0.5) is 5.69 Å². The number of amides is 2. The van der Waals surface area contributed by atoms with Crippen LogP contribution in [0.15, 0.2) is 54.7 Å².